The van der Waals surface area contributed by atoms with Gasteiger partial charge in [-0.05, 0) is 34.9 Å². The lowest BCUT2D eigenvalue weighted by atomic mass is 10.0. The van der Waals surface area contributed by atoms with Crippen molar-refractivity contribution in [2.45, 2.75) is 6.54 Å². The van der Waals surface area contributed by atoms with Crippen molar-refractivity contribution in [1.29, 1.82) is 0 Å². The Labute approximate surface area is 128 Å². The van der Waals surface area contributed by atoms with Crippen molar-refractivity contribution in [3.63, 3.8) is 0 Å². The fourth-order valence-electron chi connectivity index (χ4n) is 2.06. The second-order valence-corrected chi connectivity index (χ2v) is 4.50. The van der Waals surface area contributed by atoms with Gasteiger partial charge in [-0.2, -0.15) is 5.10 Å². The minimum atomic E-state index is -0.250. The molecule has 2 aromatic carbocycles. The normalized spacial score (nSPS) is 9.68. The Morgan fingerprint density at radius 2 is 1.59 bits per heavy atom. The van der Waals surface area contributed by atoms with Gasteiger partial charge in [0.25, 0.3) is 6.47 Å². The van der Waals surface area contributed by atoms with E-state index in [2.05, 4.69) is 53.6 Å². The van der Waals surface area contributed by atoms with Gasteiger partial charge in [-0.25, -0.2) is 4.68 Å². The molecule has 0 saturated carbocycles. The predicted octanol–water partition coefficient (Wildman–Crippen LogP) is 2.70. The van der Waals surface area contributed by atoms with Crippen LogP contribution in [0.2, 0.25) is 0 Å². The van der Waals surface area contributed by atoms with Gasteiger partial charge in [0.05, 0.1) is 5.69 Å². The van der Waals surface area contributed by atoms with E-state index in [1.165, 1.54) is 11.1 Å². The summed E-state index contributed by atoms with van der Waals surface area (Å²) in [6.07, 6.45) is 3.71. The van der Waals surface area contributed by atoms with Crippen LogP contribution in [0.3, 0.4) is 0 Å². The highest BCUT2D eigenvalue weighted by Gasteiger charge is 2.00. The van der Waals surface area contributed by atoms with Gasteiger partial charge in [-0.1, -0.05) is 36.4 Å². The molecule has 0 aliphatic heterocycles. The lowest BCUT2D eigenvalue weighted by Gasteiger charge is -2.05. The second-order valence-electron chi connectivity index (χ2n) is 4.50. The van der Waals surface area contributed by atoms with E-state index in [1.807, 2.05) is 16.9 Å². The zero-order valence-corrected chi connectivity index (χ0v) is 12.0. The van der Waals surface area contributed by atoms with Crippen molar-refractivity contribution in [2.75, 3.05) is 0 Å². The molecule has 0 aliphatic rings. The molecule has 0 unspecified atom stereocenters. The van der Waals surface area contributed by atoms with Crippen molar-refractivity contribution in [2.24, 2.45) is 5.73 Å². The fourth-order valence-corrected chi connectivity index (χ4v) is 2.06. The number of hydrogen-bond acceptors (Lipinski definition) is 3. The van der Waals surface area contributed by atoms with E-state index in [-0.39, 0.29) is 6.47 Å². The minimum absolute atomic E-state index is 0.250. The first-order valence-corrected chi connectivity index (χ1v) is 6.76. The second kappa shape index (κ2) is 7.75. The minimum Gasteiger partial charge on any atom is -0.483 e. The number of benzene rings is 2. The maximum Gasteiger partial charge on any atom is 0.290 e. The Kier molecular flexibility index (Phi) is 5.45. The van der Waals surface area contributed by atoms with Crippen LogP contribution in [0.15, 0.2) is 67.0 Å². The largest absolute Gasteiger partial charge is 0.483 e. The van der Waals surface area contributed by atoms with Crippen molar-refractivity contribution in [3.05, 3.63) is 72.6 Å². The van der Waals surface area contributed by atoms with Crippen LogP contribution in [-0.2, 0) is 11.3 Å². The van der Waals surface area contributed by atoms with E-state index in [0.29, 0.717) is 6.54 Å². The summed E-state index contributed by atoms with van der Waals surface area (Å²) in [7, 11) is 0. The number of carbonyl (C=O) groups is 1. The van der Waals surface area contributed by atoms with Gasteiger partial charge in [0.2, 0.25) is 0 Å². The maximum atomic E-state index is 8.36. The van der Waals surface area contributed by atoms with E-state index in [0.717, 1.165) is 11.3 Å². The molecule has 0 spiro atoms. The molecule has 5 heteroatoms. The maximum absolute atomic E-state index is 8.36. The highest BCUT2D eigenvalue weighted by molar-refractivity contribution is 5.64. The third kappa shape index (κ3) is 3.80. The molecular formula is C17H17N3O2. The molecule has 112 valence electrons. The molecule has 0 atom stereocenters. The van der Waals surface area contributed by atoms with Gasteiger partial charge in [0, 0.05) is 18.9 Å². The van der Waals surface area contributed by atoms with E-state index < -0.39 is 0 Å². The molecule has 0 amide bonds. The van der Waals surface area contributed by atoms with Gasteiger partial charge < -0.3 is 10.8 Å². The summed E-state index contributed by atoms with van der Waals surface area (Å²) < 4.78 is 1.85. The lowest BCUT2D eigenvalue weighted by Crippen LogP contribution is -1.95. The van der Waals surface area contributed by atoms with Crippen LogP contribution < -0.4 is 5.73 Å². The summed E-state index contributed by atoms with van der Waals surface area (Å²) in [6, 6.07) is 18.6. The van der Waals surface area contributed by atoms with Gasteiger partial charge in [-0.15, -0.1) is 0 Å². The number of aromatic nitrogens is 2. The Bertz CT molecular complexity index is 690. The Morgan fingerprint density at radius 1 is 1.05 bits per heavy atom. The number of nitrogens with two attached hydrogens (primary N) is 1. The zero-order valence-electron chi connectivity index (χ0n) is 12.0. The standard InChI is InChI=1S/C16H15N3.CH2O2/c17-12-13-2-4-14(5-3-13)15-6-8-16(9-7-15)19-11-1-10-18-19;2-1-3/h1-11H,12,17H2;1H,(H,2,3). The molecule has 5 nitrogen and oxygen atoms in total. The van der Waals surface area contributed by atoms with Crippen molar-refractivity contribution in [3.8, 4) is 16.8 Å². The van der Waals surface area contributed by atoms with Crippen LogP contribution in [0.4, 0.5) is 0 Å². The summed E-state index contributed by atoms with van der Waals surface area (Å²) in [4.78, 5) is 8.36. The first-order valence-electron chi connectivity index (χ1n) is 6.76. The predicted molar refractivity (Wildman–Crippen MR) is 85.6 cm³/mol. The quantitative estimate of drug-likeness (QED) is 0.728. The van der Waals surface area contributed by atoms with E-state index in [1.54, 1.807) is 6.20 Å². The summed E-state index contributed by atoms with van der Waals surface area (Å²) >= 11 is 0. The van der Waals surface area contributed by atoms with E-state index >= 15 is 0 Å². The Balaban J connectivity index is 0.000000545. The summed E-state index contributed by atoms with van der Waals surface area (Å²) in [6.45, 7) is 0.332. The monoisotopic (exact) mass is 295 g/mol. The van der Waals surface area contributed by atoms with Gasteiger partial charge in [0.1, 0.15) is 0 Å². The highest BCUT2D eigenvalue weighted by atomic mass is 16.3. The summed E-state index contributed by atoms with van der Waals surface area (Å²) in [5, 5.41) is 11.1. The molecule has 22 heavy (non-hydrogen) atoms. The molecule has 0 saturated heterocycles. The third-order valence-electron chi connectivity index (χ3n) is 3.16. The smallest absolute Gasteiger partial charge is 0.290 e. The molecule has 1 heterocycles. The molecule has 0 bridgehead atoms. The number of rotatable bonds is 3. The van der Waals surface area contributed by atoms with E-state index in [4.69, 9.17) is 15.6 Å². The Hall–Kier alpha value is -2.92. The number of nitrogens with zero attached hydrogens (tertiary/aromatic N) is 2. The number of hydrogen-bond donors (Lipinski definition) is 2. The van der Waals surface area contributed by atoms with Crippen molar-refractivity contribution in [1.82, 2.24) is 9.78 Å². The average Bonchev–Trinajstić information content (AvgIpc) is 3.10. The van der Waals surface area contributed by atoms with E-state index in [9.17, 15) is 0 Å². The van der Waals surface area contributed by atoms with Crippen LogP contribution >= 0.6 is 0 Å². The molecule has 0 radical (unpaired) electrons. The summed E-state index contributed by atoms with van der Waals surface area (Å²) in [5.74, 6) is 0. The third-order valence-corrected chi connectivity index (χ3v) is 3.16. The molecule has 3 N–H and O–H groups in total. The number of carboxylic acid groups (broad SMARTS) is 1. The molecule has 3 aromatic rings. The SMILES string of the molecule is NCc1ccc(-c2ccc(-n3cccn3)cc2)cc1.O=CO. The van der Waals surface area contributed by atoms with Crippen molar-refractivity contribution >= 4 is 6.47 Å². The fraction of sp³-hybridized carbons (Fsp3) is 0.0588. The first-order chi connectivity index (χ1) is 10.8. The zero-order chi connectivity index (χ0) is 15.8. The van der Waals surface area contributed by atoms with Crippen LogP contribution in [0.25, 0.3) is 16.8 Å². The summed E-state index contributed by atoms with van der Waals surface area (Å²) in [5.41, 5.74) is 10.2. The van der Waals surface area contributed by atoms with Gasteiger partial charge >= 0.3 is 0 Å². The molecule has 3 rings (SSSR count). The molecular weight excluding hydrogens is 278 g/mol. The molecule has 1 aromatic heterocycles. The highest BCUT2D eigenvalue weighted by Crippen LogP contribution is 2.21. The van der Waals surface area contributed by atoms with Crippen LogP contribution in [-0.4, -0.2) is 21.4 Å². The van der Waals surface area contributed by atoms with Gasteiger partial charge in [-0.3, -0.25) is 4.79 Å². The molecule has 0 aliphatic carbocycles. The van der Waals surface area contributed by atoms with Crippen LogP contribution in [0.1, 0.15) is 5.56 Å². The Morgan fingerprint density at radius 3 is 2.05 bits per heavy atom. The van der Waals surface area contributed by atoms with Crippen molar-refractivity contribution < 1.29 is 9.90 Å². The van der Waals surface area contributed by atoms with Crippen LogP contribution in [0, 0.1) is 0 Å². The molecule has 0 fully saturated rings. The van der Waals surface area contributed by atoms with Crippen LogP contribution in [0.5, 0.6) is 0 Å². The topological polar surface area (TPSA) is 81.1 Å². The average molecular weight is 295 g/mol. The van der Waals surface area contributed by atoms with Gasteiger partial charge in [0.15, 0.2) is 0 Å². The first kappa shape index (κ1) is 15.5. The lowest BCUT2D eigenvalue weighted by molar-refractivity contribution is -0.122.